The molecule has 2 aromatic rings. The highest BCUT2D eigenvalue weighted by Crippen LogP contribution is 2.27. The molecule has 0 fully saturated rings. The van der Waals surface area contributed by atoms with Gasteiger partial charge in [-0.1, -0.05) is 0 Å². The van der Waals surface area contributed by atoms with Crippen molar-refractivity contribution in [2.24, 2.45) is 0 Å². The first-order valence-corrected chi connectivity index (χ1v) is 5.75. The number of fused-ring (bicyclic) bond motifs is 1. The molecule has 0 unspecified atom stereocenters. The molecule has 1 aliphatic heterocycles. The molecule has 6 heteroatoms. The number of likely N-dealkylation sites (N-methyl/N-ethyl adjacent to an activating group) is 1. The van der Waals surface area contributed by atoms with Crippen LogP contribution in [0.25, 0.3) is 0 Å². The number of nitrogens with zero attached hydrogens (tertiary/aromatic N) is 3. The average Bonchev–Trinajstić information content (AvgIpc) is 2.99. The van der Waals surface area contributed by atoms with Crippen molar-refractivity contribution in [3.63, 3.8) is 0 Å². The predicted molar refractivity (Wildman–Crippen MR) is 67.8 cm³/mol. The fourth-order valence-corrected chi connectivity index (χ4v) is 2.15. The van der Waals surface area contributed by atoms with E-state index in [1.54, 1.807) is 0 Å². The van der Waals surface area contributed by atoms with Crippen molar-refractivity contribution < 1.29 is 4.79 Å². The quantitative estimate of drug-likeness (QED) is 0.826. The second-order valence-corrected chi connectivity index (χ2v) is 4.30. The Balaban J connectivity index is 1.83. The van der Waals surface area contributed by atoms with Crippen LogP contribution in [-0.2, 0) is 6.42 Å². The SMILES string of the molecule is CN1CCc2cc(C(=O)Nc3ncn[nH]3)ccc21. The molecular formula is C12H13N5O. The van der Waals surface area contributed by atoms with Crippen LogP contribution in [0.1, 0.15) is 15.9 Å². The predicted octanol–water partition coefficient (Wildman–Crippen LogP) is 1.05. The third-order valence-electron chi connectivity index (χ3n) is 3.12. The van der Waals surface area contributed by atoms with E-state index in [9.17, 15) is 4.79 Å². The van der Waals surface area contributed by atoms with Gasteiger partial charge in [0.2, 0.25) is 5.95 Å². The summed E-state index contributed by atoms with van der Waals surface area (Å²) < 4.78 is 0. The molecule has 6 nitrogen and oxygen atoms in total. The summed E-state index contributed by atoms with van der Waals surface area (Å²) in [6.07, 6.45) is 2.34. The highest BCUT2D eigenvalue weighted by atomic mass is 16.1. The molecule has 2 heterocycles. The van der Waals surface area contributed by atoms with E-state index in [0.717, 1.165) is 13.0 Å². The summed E-state index contributed by atoms with van der Waals surface area (Å²) in [5, 5.41) is 8.93. The lowest BCUT2D eigenvalue weighted by molar-refractivity contribution is 0.102. The van der Waals surface area contributed by atoms with Crippen LogP contribution in [0.5, 0.6) is 0 Å². The number of rotatable bonds is 2. The molecule has 0 spiro atoms. The van der Waals surface area contributed by atoms with Gasteiger partial charge in [0.15, 0.2) is 0 Å². The third-order valence-corrected chi connectivity index (χ3v) is 3.12. The molecule has 0 bridgehead atoms. The van der Waals surface area contributed by atoms with Crippen molar-refractivity contribution in [2.75, 3.05) is 23.8 Å². The van der Waals surface area contributed by atoms with Gasteiger partial charge in [-0.15, -0.1) is 0 Å². The number of aromatic amines is 1. The number of amides is 1. The van der Waals surface area contributed by atoms with Crippen molar-refractivity contribution in [1.82, 2.24) is 15.2 Å². The van der Waals surface area contributed by atoms with Gasteiger partial charge in [0.1, 0.15) is 6.33 Å². The van der Waals surface area contributed by atoms with Crippen LogP contribution >= 0.6 is 0 Å². The maximum absolute atomic E-state index is 12.0. The number of nitrogens with one attached hydrogen (secondary N) is 2. The van der Waals surface area contributed by atoms with E-state index in [1.807, 2.05) is 18.2 Å². The Bertz CT molecular complexity index is 578. The number of H-pyrrole nitrogens is 1. The Labute approximate surface area is 104 Å². The zero-order valence-electron chi connectivity index (χ0n) is 9.97. The Morgan fingerprint density at radius 1 is 1.50 bits per heavy atom. The monoisotopic (exact) mass is 243 g/mol. The molecular weight excluding hydrogens is 230 g/mol. The molecule has 1 aliphatic rings. The highest BCUT2D eigenvalue weighted by molar-refractivity contribution is 6.03. The topological polar surface area (TPSA) is 73.9 Å². The van der Waals surface area contributed by atoms with Gasteiger partial charge < -0.3 is 4.90 Å². The lowest BCUT2D eigenvalue weighted by atomic mass is 10.1. The van der Waals surface area contributed by atoms with Crippen LogP contribution in [-0.4, -0.2) is 34.7 Å². The molecule has 0 radical (unpaired) electrons. The Kier molecular flexibility index (Phi) is 2.47. The van der Waals surface area contributed by atoms with Crippen molar-refractivity contribution in [1.29, 1.82) is 0 Å². The summed E-state index contributed by atoms with van der Waals surface area (Å²) in [6.45, 7) is 1.00. The third kappa shape index (κ3) is 1.81. The Morgan fingerprint density at radius 3 is 3.17 bits per heavy atom. The summed E-state index contributed by atoms with van der Waals surface area (Å²) in [5.74, 6) is 0.182. The minimum atomic E-state index is -0.177. The second kappa shape index (κ2) is 4.14. The molecule has 1 amide bonds. The number of carbonyl (C=O) groups excluding carboxylic acids is 1. The number of aromatic nitrogens is 3. The van der Waals surface area contributed by atoms with Crippen LogP contribution in [0.15, 0.2) is 24.5 Å². The van der Waals surface area contributed by atoms with Gasteiger partial charge in [-0.05, 0) is 30.2 Å². The number of benzene rings is 1. The smallest absolute Gasteiger partial charge is 0.258 e. The molecule has 0 atom stereocenters. The van der Waals surface area contributed by atoms with Crippen molar-refractivity contribution in [3.05, 3.63) is 35.7 Å². The first-order valence-electron chi connectivity index (χ1n) is 5.75. The van der Waals surface area contributed by atoms with E-state index < -0.39 is 0 Å². The molecule has 3 rings (SSSR count). The maximum atomic E-state index is 12.0. The molecule has 0 saturated carbocycles. The summed E-state index contributed by atoms with van der Waals surface area (Å²) in [5.41, 5.74) is 3.05. The van der Waals surface area contributed by atoms with Gasteiger partial charge >= 0.3 is 0 Å². The number of hydrogen-bond donors (Lipinski definition) is 2. The molecule has 1 aromatic heterocycles. The van der Waals surface area contributed by atoms with Gasteiger partial charge in [0.05, 0.1) is 0 Å². The lowest BCUT2D eigenvalue weighted by Crippen LogP contribution is -2.14. The van der Waals surface area contributed by atoms with Gasteiger partial charge in [0.25, 0.3) is 5.91 Å². The van der Waals surface area contributed by atoms with E-state index in [-0.39, 0.29) is 5.91 Å². The van der Waals surface area contributed by atoms with Gasteiger partial charge in [-0.2, -0.15) is 10.1 Å². The molecule has 92 valence electrons. The van der Waals surface area contributed by atoms with Crippen LogP contribution in [0.3, 0.4) is 0 Å². The Hall–Kier alpha value is -2.37. The van der Waals surface area contributed by atoms with Gasteiger partial charge in [-0.3, -0.25) is 10.1 Å². The van der Waals surface area contributed by atoms with Crippen LogP contribution in [0.4, 0.5) is 11.6 Å². The molecule has 1 aromatic carbocycles. The fraction of sp³-hybridized carbons (Fsp3) is 0.250. The van der Waals surface area contributed by atoms with Crippen molar-refractivity contribution in [2.45, 2.75) is 6.42 Å². The fourth-order valence-electron chi connectivity index (χ4n) is 2.15. The van der Waals surface area contributed by atoms with E-state index in [2.05, 4.69) is 32.4 Å². The van der Waals surface area contributed by atoms with E-state index in [0.29, 0.717) is 11.5 Å². The zero-order chi connectivity index (χ0) is 12.5. The van der Waals surface area contributed by atoms with E-state index >= 15 is 0 Å². The standard InChI is InChI=1S/C12H13N5O/c1-17-5-4-8-6-9(2-3-10(8)17)11(18)15-12-13-7-14-16-12/h2-3,6-7H,4-5H2,1H3,(H2,13,14,15,16,18). The largest absolute Gasteiger partial charge is 0.374 e. The normalized spacial score (nSPS) is 13.5. The first-order chi connectivity index (χ1) is 8.74. The zero-order valence-corrected chi connectivity index (χ0v) is 9.97. The second-order valence-electron chi connectivity index (χ2n) is 4.30. The summed E-state index contributed by atoms with van der Waals surface area (Å²) in [7, 11) is 2.06. The lowest BCUT2D eigenvalue weighted by Gasteiger charge is -2.11. The minimum absolute atomic E-state index is 0.177. The van der Waals surface area contributed by atoms with Crippen LogP contribution < -0.4 is 10.2 Å². The highest BCUT2D eigenvalue weighted by Gasteiger charge is 2.17. The average molecular weight is 243 g/mol. The van der Waals surface area contributed by atoms with E-state index in [4.69, 9.17) is 0 Å². The van der Waals surface area contributed by atoms with E-state index in [1.165, 1.54) is 17.6 Å². The van der Waals surface area contributed by atoms with Crippen molar-refractivity contribution in [3.8, 4) is 0 Å². The Morgan fingerprint density at radius 2 is 2.39 bits per heavy atom. The number of hydrogen-bond acceptors (Lipinski definition) is 4. The molecule has 0 saturated heterocycles. The molecule has 0 aliphatic carbocycles. The number of anilines is 2. The minimum Gasteiger partial charge on any atom is -0.374 e. The van der Waals surface area contributed by atoms with Crippen molar-refractivity contribution >= 4 is 17.5 Å². The summed E-state index contributed by atoms with van der Waals surface area (Å²) in [6, 6.07) is 5.74. The summed E-state index contributed by atoms with van der Waals surface area (Å²) in [4.78, 5) is 18.0. The van der Waals surface area contributed by atoms with Gasteiger partial charge in [-0.25, -0.2) is 5.10 Å². The van der Waals surface area contributed by atoms with Crippen LogP contribution in [0.2, 0.25) is 0 Å². The summed E-state index contributed by atoms with van der Waals surface area (Å²) >= 11 is 0. The molecule has 2 N–H and O–H groups in total. The van der Waals surface area contributed by atoms with Gasteiger partial charge in [0, 0.05) is 24.8 Å². The first kappa shape index (κ1) is 10.8. The van der Waals surface area contributed by atoms with Crippen LogP contribution in [0, 0.1) is 0 Å². The molecule has 18 heavy (non-hydrogen) atoms. The maximum Gasteiger partial charge on any atom is 0.258 e. The number of carbonyl (C=O) groups is 1.